The standard InChI is InChI=1S/C32H35N5O3/c1-22-10-12-25(13-11-22)30-33-23(2)29(18-24-8-6-5-7-9-24)31(35-30)36-14-16-37(17-15-36)32(38)34-26-19-27(39-3)21-28(20-26)40-4/h5-13,19-21H,14-18H2,1-4H3,(H,34,38). The molecule has 1 fully saturated rings. The van der Waals surface area contributed by atoms with Crippen LogP contribution in [-0.2, 0) is 6.42 Å². The summed E-state index contributed by atoms with van der Waals surface area (Å²) in [5, 5.41) is 2.99. The third-order valence-corrected chi connectivity index (χ3v) is 7.19. The van der Waals surface area contributed by atoms with Crippen LogP contribution in [0.15, 0.2) is 72.8 Å². The van der Waals surface area contributed by atoms with Crippen LogP contribution in [0.3, 0.4) is 0 Å². The molecule has 40 heavy (non-hydrogen) atoms. The number of hydrogen-bond donors (Lipinski definition) is 1. The highest BCUT2D eigenvalue weighted by molar-refractivity contribution is 5.90. The summed E-state index contributed by atoms with van der Waals surface area (Å²) in [5.41, 5.74) is 6.12. The zero-order valence-corrected chi connectivity index (χ0v) is 23.5. The maximum Gasteiger partial charge on any atom is 0.321 e. The monoisotopic (exact) mass is 537 g/mol. The minimum Gasteiger partial charge on any atom is -0.497 e. The van der Waals surface area contributed by atoms with E-state index in [2.05, 4.69) is 72.6 Å². The number of nitrogens with one attached hydrogen (secondary N) is 1. The highest BCUT2D eigenvalue weighted by atomic mass is 16.5. The second-order valence-corrected chi connectivity index (χ2v) is 9.97. The van der Waals surface area contributed by atoms with Crippen LogP contribution in [0.25, 0.3) is 11.4 Å². The fourth-order valence-electron chi connectivity index (χ4n) is 4.88. The predicted molar refractivity (Wildman–Crippen MR) is 159 cm³/mol. The molecule has 1 saturated heterocycles. The van der Waals surface area contributed by atoms with E-state index in [1.54, 1.807) is 32.4 Å². The van der Waals surface area contributed by atoms with Gasteiger partial charge in [0, 0.05) is 73.3 Å². The number of carbonyl (C=O) groups is 1. The Kier molecular flexibility index (Phi) is 8.15. The normalized spacial score (nSPS) is 13.2. The Morgan fingerprint density at radius 3 is 2.12 bits per heavy atom. The molecule has 1 N–H and O–H groups in total. The van der Waals surface area contributed by atoms with E-state index in [9.17, 15) is 4.79 Å². The van der Waals surface area contributed by atoms with E-state index in [0.29, 0.717) is 43.4 Å². The van der Waals surface area contributed by atoms with Crippen molar-refractivity contribution in [3.8, 4) is 22.9 Å². The third-order valence-electron chi connectivity index (χ3n) is 7.19. The molecule has 0 aliphatic carbocycles. The highest BCUT2D eigenvalue weighted by Crippen LogP contribution is 2.29. The molecule has 1 aliphatic heterocycles. The smallest absolute Gasteiger partial charge is 0.321 e. The molecule has 0 radical (unpaired) electrons. The molecule has 5 rings (SSSR count). The Morgan fingerprint density at radius 2 is 1.50 bits per heavy atom. The number of ether oxygens (including phenoxy) is 2. The number of amides is 2. The number of nitrogens with zero attached hydrogens (tertiary/aromatic N) is 4. The Balaban J connectivity index is 1.37. The zero-order valence-electron chi connectivity index (χ0n) is 23.5. The van der Waals surface area contributed by atoms with Crippen LogP contribution in [-0.4, -0.2) is 61.3 Å². The van der Waals surface area contributed by atoms with Crippen LogP contribution in [0.4, 0.5) is 16.3 Å². The lowest BCUT2D eigenvalue weighted by atomic mass is 10.0. The van der Waals surface area contributed by atoms with E-state index >= 15 is 0 Å². The minimum atomic E-state index is -0.154. The predicted octanol–water partition coefficient (Wildman–Crippen LogP) is 5.72. The van der Waals surface area contributed by atoms with E-state index in [0.717, 1.165) is 34.9 Å². The molecule has 4 aromatic rings. The molecule has 2 amide bonds. The quantitative estimate of drug-likeness (QED) is 0.325. The highest BCUT2D eigenvalue weighted by Gasteiger charge is 2.26. The van der Waals surface area contributed by atoms with Crippen molar-refractivity contribution in [2.45, 2.75) is 20.3 Å². The second kappa shape index (κ2) is 12.1. The molecule has 1 aliphatic rings. The lowest BCUT2D eigenvalue weighted by molar-refractivity contribution is 0.208. The molecular formula is C32H35N5O3. The van der Waals surface area contributed by atoms with Crippen molar-refractivity contribution < 1.29 is 14.3 Å². The fourth-order valence-corrected chi connectivity index (χ4v) is 4.88. The molecule has 2 heterocycles. The van der Waals surface area contributed by atoms with Crippen molar-refractivity contribution in [3.63, 3.8) is 0 Å². The lowest BCUT2D eigenvalue weighted by Crippen LogP contribution is -2.50. The zero-order chi connectivity index (χ0) is 28.1. The van der Waals surface area contributed by atoms with Gasteiger partial charge in [-0.2, -0.15) is 0 Å². The Hall–Kier alpha value is -4.59. The molecule has 8 nitrogen and oxygen atoms in total. The van der Waals surface area contributed by atoms with Gasteiger partial charge in [-0.3, -0.25) is 0 Å². The number of aromatic nitrogens is 2. The average molecular weight is 538 g/mol. The van der Waals surface area contributed by atoms with Gasteiger partial charge in [-0.25, -0.2) is 14.8 Å². The summed E-state index contributed by atoms with van der Waals surface area (Å²) in [6.45, 7) is 6.61. The van der Waals surface area contributed by atoms with Crippen molar-refractivity contribution >= 4 is 17.5 Å². The average Bonchev–Trinajstić information content (AvgIpc) is 2.98. The molecule has 0 atom stereocenters. The first-order chi connectivity index (χ1) is 19.4. The molecule has 3 aromatic carbocycles. The van der Waals surface area contributed by atoms with E-state index in [4.69, 9.17) is 19.4 Å². The summed E-state index contributed by atoms with van der Waals surface area (Å²) >= 11 is 0. The summed E-state index contributed by atoms with van der Waals surface area (Å²) in [7, 11) is 3.18. The Bertz CT molecular complexity index is 1440. The van der Waals surface area contributed by atoms with Crippen molar-refractivity contribution in [2.75, 3.05) is 50.6 Å². The number of carbonyl (C=O) groups excluding carboxylic acids is 1. The lowest BCUT2D eigenvalue weighted by Gasteiger charge is -2.36. The number of anilines is 2. The number of methoxy groups -OCH3 is 2. The van der Waals surface area contributed by atoms with Gasteiger partial charge in [0.2, 0.25) is 0 Å². The van der Waals surface area contributed by atoms with Crippen LogP contribution >= 0.6 is 0 Å². The second-order valence-electron chi connectivity index (χ2n) is 9.97. The fraction of sp³-hybridized carbons (Fsp3) is 0.281. The van der Waals surface area contributed by atoms with Gasteiger partial charge in [0.05, 0.1) is 14.2 Å². The largest absolute Gasteiger partial charge is 0.497 e. The molecule has 0 spiro atoms. The van der Waals surface area contributed by atoms with E-state index in [1.165, 1.54) is 11.1 Å². The van der Waals surface area contributed by atoms with Gasteiger partial charge in [0.1, 0.15) is 17.3 Å². The Morgan fingerprint density at radius 1 is 0.850 bits per heavy atom. The van der Waals surface area contributed by atoms with Gasteiger partial charge in [-0.1, -0.05) is 60.2 Å². The first-order valence-electron chi connectivity index (χ1n) is 13.5. The first kappa shape index (κ1) is 27.0. The van der Waals surface area contributed by atoms with Crippen LogP contribution in [0.2, 0.25) is 0 Å². The van der Waals surface area contributed by atoms with E-state index in [-0.39, 0.29) is 6.03 Å². The van der Waals surface area contributed by atoms with Crippen LogP contribution in [0.5, 0.6) is 11.5 Å². The van der Waals surface area contributed by atoms with Gasteiger partial charge >= 0.3 is 6.03 Å². The molecule has 8 heteroatoms. The number of benzene rings is 3. The van der Waals surface area contributed by atoms with E-state index in [1.807, 2.05) is 11.0 Å². The first-order valence-corrected chi connectivity index (χ1v) is 13.5. The van der Waals surface area contributed by atoms with Crippen LogP contribution in [0, 0.1) is 13.8 Å². The third kappa shape index (κ3) is 6.17. The van der Waals surface area contributed by atoms with Gasteiger partial charge in [-0.05, 0) is 19.4 Å². The van der Waals surface area contributed by atoms with Crippen molar-refractivity contribution in [3.05, 3.63) is 95.2 Å². The summed E-state index contributed by atoms with van der Waals surface area (Å²) in [6.07, 6.45) is 0.745. The van der Waals surface area contributed by atoms with Gasteiger partial charge in [0.25, 0.3) is 0 Å². The molecule has 0 bridgehead atoms. The summed E-state index contributed by atoms with van der Waals surface area (Å²) in [4.78, 5) is 27.2. The summed E-state index contributed by atoms with van der Waals surface area (Å²) < 4.78 is 10.7. The Labute approximate surface area is 235 Å². The van der Waals surface area contributed by atoms with Crippen LogP contribution < -0.4 is 19.7 Å². The SMILES string of the molecule is COc1cc(NC(=O)N2CCN(c3nc(-c4ccc(C)cc4)nc(C)c3Cc3ccccc3)CC2)cc(OC)c1. The number of urea groups is 1. The summed E-state index contributed by atoms with van der Waals surface area (Å²) in [6, 6.07) is 23.9. The topological polar surface area (TPSA) is 79.8 Å². The number of hydrogen-bond acceptors (Lipinski definition) is 6. The van der Waals surface area contributed by atoms with Crippen LogP contribution in [0.1, 0.15) is 22.4 Å². The number of aryl methyl sites for hydroxylation is 2. The van der Waals surface area contributed by atoms with Crippen molar-refractivity contribution in [2.24, 2.45) is 0 Å². The molecule has 1 aromatic heterocycles. The molecule has 206 valence electrons. The molecular weight excluding hydrogens is 502 g/mol. The van der Waals surface area contributed by atoms with Gasteiger partial charge in [-0.15, -0.1) is 0 Å². The van der Waals surface area contributed by atoms with Crippen molar-refractivity contribution in [1.29, 1.82) is 0 Å². The van der Waals surface area contributed by atoms with E-state index < -0.39 is 0 Å². The van der Waals surface area contributed by atoms with Gasteiger partial charge in [0.15, 0.2) is 5.82 Å². The maximum atomic E-state index is 13.1. The molecule has 0 saturated carbocycles. The number of rotatable bonds is 7. The number of piperazine rings is 1. The molecule has 0 unspecified atom stereocenters. The minimum absolute atomic E-state index is 0.154. The van der Waals surface area contributed by atoms with Crippen molar-refractivity contribution in [1.82, 2.24) is 14.9 Å². The van der Waals surface area contributed by atoms with Gasteiger partial charge < -0.3 is 24.6 Å². The maximum absolute atomic E-state index is 13.1. The summed E-state index contributed by atoms with van der Waals surface area (Å²) in [5.74, 6) is 2.89.